The Hall–Kier alpha value is -1.42. The monoisotopic (exact) mass is 280 g/mol. The Morgan fingerprint density at radius 2 is 1.65 bits per heavy atom. The molecule has 4 heteroatoms. The SMILES string of the molecule is CC(C)Oc1ccc(NCCCCN)cc1OC(C)C. The van der Waals surface area contributed by atoms with Crippen LogP contribution in [-0.2, 0) is 0 Å². The summed E-state index contributed by atoms with van der Waals surface area (Å²) in [6, 6.07) is 5.98. The highest BCUT2D eigenvalue weighted by Gasteiger charge is 2.10. The van der Waals surface area contributed by atoms with E-state index in [1.807, 2.05) is 45.9 Å². The maximum absolute atomic E-state index is 5.83. The lowest BCUT2D eigenvalue weighted by atomic mass is 10.2. The van der Waals surface area contributed by atoms with E-state index in [0.717, 1.165) is 43.1 Å². The molecule has 3 N–H and O–H groups in total. The quantitative estimate of drug-likeness (QED) is 0.681. The van der Waals surface area contributed by atoms with E-state index in [2.05, 4.69) is 5.32 Å². The molecule has 0 saturated carbocycles. The average molecular weight is 280 g/mol. The smallest absolute Gasteiger partial charge is 0.163 e. The minimum Gasteiger partial charge on any atom is -0.487 e. The van der Waals surface area contributed by atoms with Crippen LogP contribution >= 0.6 is 0 Å². The van der Waals surface area contributed by atoms with Gasteiger partial charge in [-0.3, -0.25) is 0 Å². The van der Waals surface area contributed by atoms with E-state index in [0.29, 0.717) is 0 Å². The second-order valence-electron chi connectivity index (χ2n) is 5.42. The Kier molecular flexibility index (Phi) is 7.23. The maximum Gasteiger partial charge on any atom is 0.163 e. The fourth-order valence-electron chi connectivity index (χ4n) is 1.82. The lowest BCUT2D eigenvalue weighted by Gasteiger charge is -2.18. The third-order valence-electron chi connectivity index (χ3n) is 2.63. The van der Waals surface area contributed by atoms with Gasteiger partial charge in [-0.25, -0.2) is 0 Å². The molecule has 0 bridgehead atoms. The number of nitrogens with one attached hydrogen (secondary N) is 1. The van der Waals surface area contributed by atoms with Gasteiger partial charge < -0.3 is 20.5 Å². The summed E-state index contributed by atoms with van der Waals surface area (Å²) in [4.78, 5) is 0. The lowest BCUT2D eigenvalue weighted by Crippen LogP contribution is -2.11. The molecule has 1 rings (SSSR count). The second kappa shape index (κ2) is 8.69. The molecule has 0 aliphatic rings. The van der Waals surface area contributed by atoms with Crippen LogP contribution in [0.1, 0.15) is 40.5 Å². The zero-order valence-electron chi connectivity index (χ0n) is 13.1. The average Bonchev–Trinajstić information content (AvgIpc) is 2.36. The van der Waals surface area contributed by atoms with Crippen molar-refractivity contribution < 1.29 is 9.47 Å². The molecular weight excluding hydrogens is 252 g/mol. The van der Waals surface area contributed by atoms with Crippen LogP contribution in [0.2, 0.25) is 0 Å². The zero-order chi connectivity index (χ0) is 15.0. The molecule has 0 fully saturated rings. The number of rotatable bonds is 9. The van der Waals surface area contributed by atoms with Crippen molar-refractivity contribution in [1.29, 1.82) is 0 Å². The molecule has 0 aliphatic carbocycles. The molecule has 0 heterocycles. The van der Waals surface area contributed by atoms with Gasteiger partial charge in [0, 0.05) is 18.3 Å². The van der Waals surface area contributed by atoms with Crippen LogP contribution in [0.15, 0.2) is 18.2 Å². The molecule has 114 valence electrons. The van der Waals surface area contributed by atoms with Crippen molar-refractivity contribution in [2.24, 2.45) is 5.73 Å². The molecular formula is C16H28N2O2. The Balaban J connectivity index is 2.73. The van der Waals surface area contributed by atoms with Crippen LogP contribution in [0, 0.1) is 0 Å². The first kappa shape index (κ1) is 16.6. The predicted molar refractivity (Wildman–Crippen MR) is 84.7 cm³/mol. The highest BCUT2D eigenvalue weighted by Crippen LogP contribution is 2.32. The number of anilines is 1. The van der Waals surface area contributed by atoms with Crippen molar-refractivity contribution in [3.05, 3.63) is 18.2 Å². The second-order valence-corrected chi connectivity index (χ2v) is 5.42. The summed E-state index contributed by atoms with van der Waals surface area (Å²) in [5.41, 5.74) is 6.54. The summed E-state index contributed by atoms with van der Waals surface area (Å²) in [5.74, 6) is 1.58. The van der Waals surface area contributed by atoms with Crippen LogP contribution < -0.4 is 20.5 Å². The van der Waals surface area contributed by atoms with Crippen LogP contribution in [0.4, 0.5) is 5.69 Å². The lowest BCUT2D eigenvalue weighted by molar-refractivity contribution is 0.199. The Labute approximate surface area is 122 Å². The Morgan fingerprint density at radius 3 is 2.25 bits per heavy atom. The molecule has 1 aromatic carbocycles. The van der Waals surface area contributed by atoms with Gasteiger partial charge in [0.15, 0.2) is 11.5 Å². The van der Waals surface area contributed by atoms with Gasteiger partial charge in [0.1, 0.15) is 0 Å². The number of ether oxygens (including phenoxy) is 2. The van der Waals surface area contributed by atoms with Gasteiger partial charge in [-0.15, -0.1) is 0 Å². The number of hydrogen-bond acceptors (Lipinski definition) is 4. The third-order valence-corrected chi connectivity index (χ3v) is 2.63. The van der Waals surface area contributed by atoms with E-state index in [-0.39, 0.29) is 12.2 Å². The van der Waals surface area contributed by atoms with Crippen molar-refractivity contribution in [2.75, 3.05) is 18.4 Å². The molecule has 0 aliphatic heterocycles. The predicted octanol–water partition coefficient (Wildman–Crippen LogP) is 3.41. The summed E-state index contributed by atoms with van der Waals surface area (Å²) in [5, 5.41) is 3.38. The first-order valence-electron chi connectivity index (χ1n) is 7.44. The summed E-state index contributed by atoms with van der Waals surface area (Å²) < 4.78 is 11.6. The summed E-state index contributed by atoms with van der Waals surface area (Å²) in [7, 11) is 0. The van der Waals surface area contributed by atoms with Crippen molar-refractivity contribution in [3.8, 4) is 11.5 Å². The van der Waals surface area contributed by atoms with Crippen molar-refractivity contribution in [3.63, 3.8) is 0 Å². The molecule has 0 atom stereocenters. The van der Waals surface area contributed by atoms with Gasteiger partial charge in [0.05, 0.1) is 12.2 Å². The summed E-state index contributed by atoms with van der Waals surface area (Å²) in [6.45, 7) is 9.71. The van der Waals surface area contributed by atoms with Gasteiger partial charge in [-0.1, -0.05) is 0 Å². The van der Waals surface area contributed by atoms with E-state index in [1.165, 1.54) is 0 Å². The zero-order valence-corrected chi connectivity index (χ0v) is 13.1. The molecule has 0 amide bonds. The maximum atomic E-state index is 5.83. The van der Waals surface area contributed by atoms with E-state index >= 15 is 0 Å². The van der Waals surface area contributed by atoms with Gasteiger partial charge in [0.25, 0.3) is 0 Å². The van der Waals surface area contributed by atoms with Crippen molar-refractivity contribution in [2.45, 2.75) is 52.7 Å². The van der Waals surface area contributed by atoms with E-state index in [1.54, 1.807) is 0 Å². The van der Waals surface area contributed by atoms with Crippen molar-refractivity contribution in [1.82, 2.24) is 0 Å². The number of hydrogen-bond donors (Lipinski definition) is 2. The fraction of sp³-hybridized carbons (Fsp3) is 0.625. The molecule has 4 nitrogen and oxygen atoms in total. The van der Waals surface area contributed by atoms with Crippen LogP contribution in [-0.4, -0.2) is 25.3 Å². The molecule has 0 unspecified atom stereocenters. The Bertz CT molecular complexity index is 392. The molecule has 20 heavy (non-hydrogen) atoms. The standard InChI is InChI=1S/C16H28N2O2/c1-12(2)19-15-8-7-14(18-10-6-5-9-17)11-16(15)20-13(3)4/h7-8,11-13,18H,5-6,9-10,17H2,1-4H3. The van der Waals surface area contributed by atoms with Gasteiger partial charge in [0.2, 0.25) is 0 Å². The Morgan fingerprint density at radius 1 is 1.00 bits per heavy atom. The molecule has 0 aromatic heterocycles. The number of benzene rings is 1. The van der Waals surface area contributed by atoms with Crippen LogP contribution in [0.25, 0.3) is 0 Å². The molecule has 0 spiro atoms. The van der Waals surface area contributed by atoms with Crippen LogP contribution in [0.3, 0.4) is 0 Å². The molecule has 0 radical (unpaired) electrons. The first-order valence-corrected chi connectivity index (χ1v) is 7.44. The number of nitrogens with two attached hydrogens (primary N) is 1. The minimum absolute atomic E-state index is 0.122. The first-order chi connectivity index (χ1) is 9.52. The molecule has 1 aromatic rings. The summed E-state index contributed by atoms with van der Waals surface area (Å²) in [6.07, 6.45) is 2.36. The number of unbranched alkanes of at least 4 members (excludes halogenated alkanes) is 1. The highest BCUT2D eigenvalue weighted by atomic mass is 16.5. The van der Waals surface area contributed by atoms with E-state index < -0.39 is 0 Å². The van der Waals surface area contributed by atoms with Gasteiger partial charge >= 0.3 is 0 Å². The molecule has 0 saturated heterocycles. The largest absolute Gasteiger partial charge is 0.487 e. The summed E-state index contributed by atoms with van der Waals surface area (Å²) >= 11 is 0. The van der Waals surface area contributed by atoms with Crippen molar-refractivity contribution >= 4 is 5.69 Å². The highest BCUT2D eigenvalue weighted by molar-refractivity contribution is 5.54. The van der Waals surface area contributed by atoms with E-state index in [9.17, 15) is 0 Å². The normalized spacial score (nSPS) is 10.9. The van der Waals surface area contributed by atoms with Gasteiger partial charge in [-0.05, 0) is 59.2 Å². The van der Waals surface area contributed by atoms with E-state index in [4.69, 9.17) is 15.2 Å². The topological polar surface area (TPSA) is 56.5 Å². The third kappa shape index (κ3) is 6.15. The fourth-order valence-corrected chi connectivity index (χ4v) is 1.82. The van der Waals surface area contributed by atoms with Gasteiger partial charge in [-0.2, -0.15) is 0 Å². The van der Waals surface area contributed by atoms with Crippen LogP contribution in [0.5, 0.6) is 11.5 Å². The minimum atomic E-state index is 0.122.